The largest absolute Gasteiger partial charge is 0.356 e. The maximum absolute atomic E-state index is 13.0. The number of halogens is 1. The lowest BCUT2D eigenvalue weighted by Crippen LogP contribution is -2.26. The highest BCUT2D eigenvalue weighted by Gasteiger charge is 2.14. The number of benzene rings is 2. The number of anilines is 1. The van der Waals surface area contributed by atoms with Gasteiger partial charge in [0, 0.05) is 18.7 Å². The van der Waals surface area contributed by atoms with Crippen LogP contribution in [0.25, 0.3) is 0 Å². The number of nitrogens with zero attached hydrogens (tertiary/aromatic N) is 2. The number of sulfonamides is 1. The summed E-state index contributed by atoms with van der Waals surface area (Å²) < 4.78 is 45.0. The van der Waals surface area contributed by atoms with Crippen LogP contribution in [0, 0.1) is 12.7 Å². The third-order valence-corrected chi connectivity index (χ3v) is 5.55. The van der Waals surface area contributed by atoms with Crippen molar-refractivity contribution in [2.75, 3.05) is 11.3 Å². The average molecular weight is 432 g/mol. The number of rotatable bonds is 9. The summed E-state index contributed by atoms with van der Waals surface area (Å²) in [5, 5.41) is 6.52. The van der Waals surface area contributed by atoms with Crippen LogP contribution in [0.5, 0.6) is 0 Å². The number of aryl methyl sites for hydroxylation is 2. The second-order valence-electron chi connectivity index (χ2n) is 6.62. The summed E-state index contributed by atoms with van der Waals surface area (Å²) >= 11 is 0. The third-order valence-electron chi connectivity index (χ3n) is 4.15. The lowest BCUT2D eigenvalue weighted by molar-refractivity contribution is -0.120. The Morgan fingerprint density at radius 2 is 1.80 bits per heavy atom. The molecule has 0 aliphatic heterocycles. The van der Waals surface area contributed by atoms with Crippen molar-refractivity contribution in [3.8, 4) is 0 Å². The lowest BCUT2D eigenvalue weighted by atomic mass is 10.1. The smallest absolute Gasteiger partial charge is 0.261 e. The molecule has 8 nitrogen and oxygen atoms in total. The molecule has 0 unspecified atom stereocenters. The molecule has 30 heavy (non-hydrogen) atoms. The van der Waals surface area contributed by atoms with Gasteiger partial charge in [-0.2, -0.15) is 4.98 Å². The Balaban J connectivity index is 1.46. The molecule has 0 aliphatic rings. The molecule has 0 saturated heterocycles. The van der Waals surface area contributed by atoms with E-state index in [2.05, 4.69) is 20.2 Å². The highest BCUT2D eigenvalue weighted by atomic mass is 32.2. The first-order valence-electron chi connectivity index (χ1n) is 9.25. The van der Waals surface area contributed by atoms with E-state index in [4.69, 9.17) is 4.52 Å². The van der Waals surface area contributed by atoms with E-state index in [0.717, 1.165) is 17.7 Å². The summed E-state index contributed by atoms with van der Waals surface area (Å²) in [6.07, 6.45) is 1.44. The number of hydrogen-bond acceptors (Lipinski definition) is 6. The van der Waals surface area contributed by atoms with Crippen LogP contribution in [0.1, 0.15) is 23.7 Å². The summed E-state index contributed by atoms with van der Waals surface area (Å²) in [5.41, 5.74) is 1.09. The van der Waals surface area contributed by atoms with Gasteiger partial charge in [0.2, 0.25) is 11.8 Å². The molecule has 10 heteroatoms. The Labute approximate surface area is 173 Å². The zero-order valence-electron chi connectivity index (χ0n) is 16.3. The highest BCUT2D eigenvalue weighted by molar-refractivity contribution is 7.92. The molecule has 1 amide bonds. The fourth-order valence-electron chi connectivity index (χ4n) is 2.68. The Hall–Kier alpha value is -3.27. The predicted molar refractivity (Wildman–Crippen MR) is 108 cm³/mol. The SMILES string of the molecule is Cc1noc(CCCNC(=O)Cc2ccc(NS(=O)(=O)c3ccc(F)cc3)cc2)n1. The van der Waals surface area contributed by atoms with Crippen LogP contribution in [0.4, 0.5) is 10.1 Å². The van der Waals surface area contributed by atoms with Gasteiger partial charge in [-0.15, -0.1) is 0 Å². The molecule has 0 radical (unpaired) electrons. The number of hydrogen-bond donors (Lipinski definition) is 2. The Morgan fingerprint density at radius 1 is 1.10 bits per heavy atom. The van der Waals surface area contributed by atoms with Gasteiger partial charge >= 0.3 is 0 Å². The standard InChI is InChI=1S/C20H21FN4O4S/c1-14-23-20(29-24-14)3-2-12-22-19(26)13-15-4-8-17(9-5-15)25-30(27,28)18-10-6-16(21)7-11-18/h4-11,25H,2-3,12-13H2,1H3,(H,22,26). The molecule has 3 aromatic rings. The van der Waals surface area contributed by atoms with E-state index >= 15 is 0 Å². The fourth-order valence-corrected chi connectivity index (χ4v) is 3.73. The maximum atomic E-state index is 13.0. The van der Waals surface area contributed by atoms with Gasteiger partial charge in [-0.25, -0.2) is 12.8 Å². The summed E-state index contributed by atoms with van der Waals surface area (Å²) in [5.74, 6) is 0.468. The first-order valence-corrected chi connectivity index (χ1v) is 10.7. The Kier molecular flexibility index (Phi) is 6.78. The summed E-state index contributed by atoms with van der Waals surface area (Å²) in [7, 11) is -3.82. The van der Waals surface area contributed by atoms with Gasteiger partial charge in [-0.05, 0) is 55.3 Å². The van der Waals surface area contributed by atoms with Gasteiger partial charge in [0.15, 0.2) is 5.82 Å². The third kappa shape index (κ3) is 6.11. The van der Waals surface area contributed by atoms with Crippen LogP contribution >= 0.6 is 0 Å². The van der Waals surface area contributed by atoms with Crippen molar-refractivity contribution in [1.29, 1.82) is 0 Å². The molecule has 2 aromatic carbocycles. The molecule has 0 saturated carbocycles. The molecule has 0 spiro atoms. The van der Waals surface area contributed by atoms with Crippen LogP contribution < -0.4 is 10.0 Å². The number of nitrogens with one attached hydrogen (secondary N) is 2. The van der Waals surface area contributed by atoms with Crippen molar-refractivity contribution in [2.24, 2.45) is 0 Å². The monoisotopic (exact) mass is 432 g/mol. The Morgan fingerprint density at radius 3 is 2.43 bits per heavy atom. The van der Waals surface area contributed by atoms with Crippen molar-refractivity contribution in [1.82, 2.24) is 15.5 Å². The van der Waals surface area contributed by atoms with Crippen LogP contribution in [0.15, 0.2) is 57.9 Å². The predicted octanol–water partition coefficient (Wildman–Crippen LogP) is 2.61. The van der Waals surface area contributed by atoms with Crippen molar-refractivity contribution in [3.63, 3.8) is 0 Å². The summed E-state index contributed by atoms with van der Waals surface area (Å²) in [4.78, 5) is 16.1. The summed E-state index contributed by atoms with van der Waals surface area (Å²) in [6, 6.07) is 11.0. The molecule has 0 atom stereocenters. The van der Waals surface area contributed by atoms with Gasteiger partial charge in [-0.1, -0.05) is 17.3 Å². The highest BCUT2D eigenvalue weighted by Crippen LogP contribution is 2.17. The minimum Gasteiger partial charge on any atom is -0.356 e. The minimum absolute atomic E-state index is 0.0388. The topological polar surface area (TPSA) is 114 Å². The van der Waals surface area contributed by atoms with Crippen molar-refractivity contribution < 1.29 is 22.1 Å². The van der Waals surface area contributed by atoms with E-state index in [1.807, 2.05) is 0 Å². The lowest BCUT2D eigenvalue weighted by Gasteiger charge is -2.09. The van der Waals surface area contributed by atoms with Gasteiger partial charge in [0.1, 0.15) is 5.82 Å². The quantitative estimate of drug-likeness (QED) is 0.503. The zero-order chi connectivity index (χ0) is 21.6. The van der Waals surface area contributed by atoms with Crippen LogP contribution in [-0.4, -0.2) is 31.0 Å². The van der Waals surface area contributed by atoms with Crippen molar-refractivity contribution in [3.05, 3.63) is 71.6 Å². The molecule has 2 N–H and O–H groups in total. The molecule has 1 aromatic heterocycles. The number of carbonyl (C=O) groups is 1. The second-order valence-corrected chi connectivity index (χ2v) is 8.30. The van der Waals surface area contributed by atoms with E-state index in [1.54, 1.807) is 31.2 Å². The number of amides is 1. The molecule has 1 heterocycles. The molecule has 3 rings (SSSR count). The molecular weight excluding hydrogens is 411 g/mol. The first-order chi connectivity index (χ1) is 14.3. The van der Waals surface area contributed by atoms with Crippen molar-refractivity contribution in [2.45, 2.75) is 31.1 Å². The van der Waals surface area contributed by atoms with E-state index < -0.39 is 15.8 Å². The molecule has 0 fully saturated rings. The van der Waals surface area contributed by atoms with E-state index in [-0.39, 0.29) is 17.2 Å². The van der Waals surface area contributed by atoms with Crippen LogP contribution in [0.3, 0.4) is 0 Å². The Bertz CT molecular complexity index is 1100. The average Bonchev–Trinajstić information content (AvgIpc) is 3.12. The molecular formula is C20H21FN4O4S. The van der Waals surface area contributed by atoms with Crippen molar-refractivity contribution >= 4 is 21.6 Å². The van der Waals surface area contributed by atoms with E-state index in [0.29, 0.717) is 36.8 Å². The zero-order valence-corrected chi connectivity index (χ0v) is 17.1. The first kappa shape index (κ1) is 21.4. The van der Waals surface area contributed by atoms with E-state index in [1.165, 1.54) is 12.1 Å². The van der Waals surface area contributed by atoms with Gasteiger partial charge < -0.3 is 9.84 Å². The number of aromatic nitrogens is 2. The van der Waals surface area contributed by atoms with Crippen LogP contribution in [0.2, 0.25) is 0 Å². The molecule has 0 bridgehead atoms. The number of carbonyl (C=O) groups excluding carboxylic acids is 1. The molecule has 0 aliphatic carbocycles. The van der Waals surface area contributed by atoms with Gasteiger partial charge in [0.25, 0.3) is 10.0 Å². The maximum Gasteiger partial charge on any atom is 0.261 e. The molecule has 158 valence electrons. The van der Waals surface area contributed by atoms with Crippen LogP contribution in [-0.2, 0) is 27.7 Å². The normalized spacial score (nSPS) is 11.3. The van der Waals surface area contributed by atoms with Gasteiger partial charge in [0.05, 0.1) is 11.3 Å². The summed E-state index contributed by atoms with van der Waals surface area (Å²) in [6.45, 7) is 2.23. The minimum atomic E-state index is -3.82. The second kappa shape index (κ2) is 9.49. The van der Waals surface area contributed by atoms with Gasteiger partial charge in [-0.3, -0.25) is 9.52 Å². The van der Waals surface area contributed by atoms with E-state index in [9.17, 15) is 17.6 Å². The fraction of sp³-hybridized carbons (Fsp3) is 0.250.